The summed E-state index contributed by atoms with van der Waals surface area (Å²) in [6.45, 7) is 3.90. The Morgan fingerprint density at radius 3 is 2.82 bits per heavy atom. The number of nitrogens with zero attached hydrogens (tertiary/aromatic N) is 3. The van der Waals surface area contributed by atoms with Crippen LogP contribution in [0.3, 0.4) is 0 Å². The van der Waals surface area contributed by atoms with Crippen molar-refractivity contribution < 1.29 is 9.53 Å². The van der Waals surface area contributed by atoms with E-state index in [4.69, 9.17) is 4.74 Å². The number of hydrogen-bond acceptors (Lipinski definition) is 4. The van der Waals surface area contributed by atoms with Gasteiger partial charge in [0, 0.05) is 36.6 Å². The van der Waals surface area contributed by atoms with E-state index >= 15 is 0 Å². The molecule has 144 valence electrons. The fraction of sp³-hybridized carbons (Fsp3) is 0.318. The van der Waals surface area contributed by atoms with Gasteiger partial charge in [-0.15, -0.1) is 0 Å². The Morgan fingerprint density at radius 1 is 1.18 bits per heavy atom. The van der Waals surface area contributed by atoms with E-state index in [1.165, 1.54) is 0 Å². The van der Waals surface area contributed by atoms with Gasteiger partial charge in [0.05, 0.1) is 23.9 Å². The van der Waals surface area contributed by atoms with Gasteiger partial charge in [-0.2, -0.15) is 0 Å². The molecule has 1 saturated heterocycles. The molecule has 3 aromatic rings. The number of aromatic nitrogens is 2. The van der Waals surface area contributed by atoms with Crippen LogP contribution in [0, 0.1) is 6.92 Å². The van der Waals surface area contributed by atoms with Gasteiger partial charge in [-0.1, -0.05) is 12.1 Å². The number of urea groups is 1. The van der Waals surface area contributed by atoms with Crippen molar-refractivity contribution in [3.05, 3.63) is 66.1 Å². The number of carbonyl (C=O) groups is 1. The van der Waals surface area contributed by atoms with Crippen molar-refractivity contribution in [3.63, 3.8) is 0 Å². The number of fused-ring (bicyclic) bond motifs is 1. The molecular formula is C22H24N4O2. The zero-order valence-corrected chi connectivity index (χ0v) is 16.0. The van der Waals surface area contributed by atoms with E-state index in [0.717, 1.165) is 40.7 Å². The number of ether oxygens (including phenoxy) is 1. The molecule has 2 aromatic heterocycles. The van der Waals surface area contributed by atoms with Crippen molar-refractivity contribution in [2.24, 2.45) is 0 Å². The summed E-state index contributed by atoms with van der Waals surface area (Å²) in [5, 5.41) is 4.00. The van der Waals surface area contributed by atoms with E-state index in [1.54, 1.807) is 6.20 Å². The van der Waals surface area contributed by atoms with Gasteiger partial charge in [-0.25, -0.2) is 4.79 Å². The van der Waals surface area contributed by atoms with Crippen LogP contribution in [0.15, 0.2) is 54.9 Å². The minimum absolute atomic E-state index is 0.0706. The van der Waals surface area contributed by atoms with Gasteiger partial charge in [0.15, 0.2) is 0 Å². The maximum Gasteiger partial charge on any atom is 0.321 e. The van der Waals surface area contributed by atoms with Gasteiger partial charge in [-0.05, 0) is 55.7 Å². The van der Waals surface area contributed by atoms with Crippen LogP contribution in [0.5, 0.6) is 0 Å². The van der Waals surface area contributed by atoms with Crippen LogP contribution in [-0.4, -0.2) is 40.1 Å². The number of likely N-dealkylation sites (tertiary alicyclic amines) is 1. The second-order valence-corrected chi connectivity index (χ2v) is 7.11. The fourth-order valence-corrected chi connectivity index (χ4v) is 3.48. The first-order valence-corrected chi connectivity index (χ1v) is 9.62. The standard InChI is InChI=1S/C22H24N4O2/c1-16-7-8-19-20(24-16)5-2-6-21(19)25-22(27)26-12-9-18(10-13-26)28-15-17-4-3-11-23-14-17/h2-8,11,14,18H,9-10,12-13,15H2,1H3,(H,25,27). The molecule has 0 atom stereocenters. The van der Waals surface area contributed by atoms with Crippen LogP contribution in [0.25, 0.3) is 10.9 Å². The summed E-state index contributed by atoms with van der Waals surface area (Å²) in [5.74, 6) is 0. The van der Waals surface area contributed by atoms with E-state index in [2.05, 4.69) is 15.3 Å². The number of hydrogen-bond donors (Lipinski definition) is 1. The number of carbonyl (C=O) groups excluding carboxylic acids is 1. The lowest BCUT2D eigenvalue weighted by Crippen LogP contribution is -2.43. The molecule has 1 aliphatic rings. The third-order valence-corrected chi connectivity index (χ3v) is 5.05. The second kappa shape index (κ2) is 8.35. The van der Waals surface area contributed by atoms with Crippen molar-refractivity contribution in [1.29, 1.82) is 0 Å². The van der Waals surface area contributed by atoms with Crippen molar-refractivity contribution in [2.45, 2.75) is 32.5 Å². The Labute approximate surface area is 164 Å². The quantitative estimate of drug-likeness (QED) is 0.743. The highest BCUT2D eigenvalue weighted by Crippen LogP contribution is 2.23. The summed E-state index contributed by atoms with van der Waals surface area (Å²) in [7, 11) is 0. The molecule has 1 aliphatic heterocycles. The lowest BCUT2D eigenvalue weighted by atomic mass is 10.1. The molecule has 0 aliphatic carbocycles. The number of pyridine rings is 2. The summed E-state index contributed by atoms with van der Waals surface area (Å²) in [6, 6.07) is 13.6. The lowest BCUT2D eigenvalue weighted by Gasteiger charge is -2.32. The molecular weight excluding hydrogens is 352 g/mol. The minimum Gasteiger partial charge on any atom is -0.373 e. The van der Waals surface area contributed by atoms with Crippen LogP contribution in [0.1, 0.15) is 24.1 Å². The molecule has 0 bridgehead atoms. The molecule has 1 fully saturated rings. The van der Waals surface area contributed by atoms with E-state index in [-0.39, 0.29) is 12.1 Å². The van der Waals surface area contributed by atoms with Gasteiger partial charge >= 0.3 is 6.03 Å². The minimum atomic E-state index is -0.0706. The second-order valence-electron chi connectivity index (χ2n) is 7.11. The largest absolute Gasteiger partial charge is 0.373 e. The molecule has 3 heterocycles. The molecule has 2 amide bonds. The van der Waals surface area contributed by atoms with Crippen LogP contribution >= 0.6 is 0 Å². The Kier molecular flexibility index (Phi) is 5.48. The molecule has 0 radical (unpaired) electrons. The van der Waals surface area contributed by atoms with Gasteiger partial charge < -0.3 is 15.0 Å². The first-order chi connectivity index (χ1) is 13.7. The van der Waals surface area contributed by atoms with Crippen LogP contribution in [0.2, 0.25) is 0 Å². The van der Waals surface area contributed by atoms with E-state index in [1.807, 2.05) is 60.5 Å². The zero-order valence-electron chi connectivity index (χ0n) is 16.0. The summed E-state index contributed by atoms with van der Waals surface area (Å²) in [4.78, 5) is 23.2. The lowest BCUT2D eigenvalue weighted by molar-refractivity contribution is 0.00530. The van der Waals surface area contributed by atoms with E-state index < -0.39 is 0 Å². The highest BCUT2D eigenvalue weighted by atomic mass is 16.5. The van der Waals surface area contributed by atoms with Crippen LogP contribution in [0.4, 0.5) is 10.5 Å². The number of amides is 2. The number of nitrogens with one attached hydrogen (secondary N) is 1. The van der Waals surface area contributed by atoms with Gasteiger partial charge in [-0.3, -0.25) is 9.97 Å². The SMILES string of the molecule is Cc1ccc2c(NC(=O)N3CCC(OCc4cccnc4)CC3)cccc2n1. The van der Waals surface area contributed by atoms with E-state index in [0.29, 0.717) is 19.7 Å². The van der Waals surface area contributed by atoms with Crippen molar-refractivity contribution in [1.82, 2.24) is 14.9 Å². The van der Waals surface area contributed by atoms with E-state index in [9.17, 15) is 4.79 Å². The van der Waals surface area contributed by atoms with Crippen LogP contribution < -0.4 is 5.32 Å². The normalized spacial score (nSPS) is 15.0. The first-order valence-electron chi connectivity index (χ1n) is 9.62. The van der Waals surface area contributed by atoms with Gasteiger partial charge in [0.2, 0.25) is 0 Å². The zero-order chi connectivity index (χ0) is 19.3. The molecule has 0 unspecified atom stereocenters. The number of anilines is 1. The highest BCUT2D eigenvalue weighted by molar-refractivity contribution is 6.00. The summed E-state index contributed by atoms with van der Waals surface area (Å²) < 4.78 is 5.98. The fourth-order valence-electron chi connectivity index (χ4n) is 3.48. The van der Waals surface area contributed by atoms with Gasteiger partial charge in [0.25, 0.3) is 0 Å². The Morgan fingerprint density at radius 2 is 2.04 bits per heavy atom. The number of rotatable bonds is 4. The average Bonchev–Trinajstić information content (AvgIpc) is 2.73. The van der Waals surface area contributed by atoms with Crippen molar-refractivity contribution >= 4 is 22.6 Å². The Hall–Kier alpha value is -2.99. The molecule has 28 heavy (non-hydrogen) atoms. The molecule has 6 nitrogen and oxygen atoms in total. The number of aryl methyl sites for hydroxylation is 1. The van der Waals surface area contributed by atoms with Crippen molar-refractivity contribution in [3.8, 4) is 0 Å². The molecule has 1 N–H and O–H groups in total. The third-order valence-electron chi connectivity index (χ3n) is 5.05. The smallest absolute Gasteiger partial charge is 0.321 e. The topological polar surface area (TPSA) is 67.4 Å². The highest BCUT2D eigenvalue weighted by Gasteiger charge is 2.23. The number of piperidine rings is 1. The molecule has 0 spiro atoms. The van der Waals surface area contributed by atoms with Gasteiger partial charge in [0.1, 0.15) is 0 Å². The maximum absolute atomic E-state index is 12.7. The monoisotopic (exact) mass is 376 g/mol. The first kappa shape index (κ1) is 18.4. The Bertz CT molecular complexity index is 953. The average molecular weight is 376 g/mol. The summed E-state index contributed by atoms with van der Waals surface area (Å²) in [6.07, 6.45) is 5.43. The van der Waals surface area contributed by atoms with Crippen molar-refractivity contribution in [2.75, 3.05) is 18.4 Å². The number of benzene rings is 1. The maximum atomic E-state index is 12.7. The third kappa shape index (κ3) is 4.28. The molecule has 0 saturated carbocycles. The molecule has 6 heteroatoms. The summed E-state index contributed by atoms with van der Waals surface area (Å²) in [5.41, 5.74) is 3.72. The molecule has 1 aromatic carbocycles. The predicted molar refractivity (Wildman–Crippen MR) is 109 cm³/mol. The van der Waals surface area contributed by atoms with Crippen LogP contribution in [-0.2, 0) is 11.3 Å². The summed E-state index contributed by atoms with van der Waals surface area (Å²) >= 11 is 0. The molecule has 4 rings (SSSR count). The predicted octanol–water partition coefficient (Wildman–Crippen LogP) is 4.15. The Balaban J connectivity index is 1.32.